The summed E-state index contributed by atoms with van der Waals surface area (Å²) in [6.07, 6.45) is 0.0814. The zero-order valence-corrected chi connectivity index (χ0v) is 18.1. The Morgan fingerprint density at radius 3 is 2.40 bits per heavy atom. The smallest absolute Gasteiger partial charge is 0.470 e. The van der Waals surface area contributed by atoms with Gasteiger partial charge in [-0.1, -0.05) is 36.4 Å². The summed E-state index contributed by atoms with van der Waals surface area (Å²) in [7, 11) is 0. The molecule has 3 aromatic heterocycles. The van der Waals surface area contributed by atoms with Gasteiger partial charge in [-0.15, -0.1) is 10.2 Å². The number of rotatable bonds is 6. The van der Waals surface area contributed by atoms with Gasteiger partial charge >= 0.3 is 12.1 Å². The molecule has 0 aliphatic heterocycles. The Kier molecular flexibility index (Phi) is 5.97. The standard InChI is InChI=1S/C26H17F3N4O2/c27-26(28,29)25-33-32-24(35-25)22(15-17-11-13-30-14-12-17)18-6-9-21(10-7-18)34-16-20-8-5-19-3-1-2-4-23(19)31-20/h1-15H,16H2. The van der Waals surface area contributed by atoms with Gasteiger partial charge in [0, 0.05) is 23.4 Å². The van der Waals surface area contributed by atoms with Gasteiger partial charge in [0.25, 0.3) is 0 Å². The number of ether oxygens (including phenoxy) is 1. The van der Waals surface area contributed by atoms with Crippen LogP contribution in [0.25, 0.3) is 22.6 Å². The van der Waals surface area contributed by atoms with E-state index in [1.54, 1.807) is 54.9 Å². The first-order chi connectivity index (χ1) is 17.0. The molecular formula is C26H17F3N4O2. The van der Waals surface area contributed by atoms with Crippen LogP contribution in [-0.4, -0.2) is 20.2 Å². The number of para-hydroxylation sites is 1. The normalized spacial score (nSPS) is 12.1. The number of aromatic nitrogens is 4. The molecule has 0 saturated heterocycles. The van der Waals surface area contributed by atoms with Gasteiger partial charge in [-0.3, -0.25) is 4.98 Å². The number of pyridine rings is 2. The first kappa shape index (κ1) is 22.3. The molecule has 9 heteroatoms. The molecule has 0 N–H and O–H groups in total. The van der Waals surface area contributed by atoms with Crippen molar-refractivity contribution in [3.63, 3.8) is 0 Å². The monoisotopic (exact) mass is 474 g/mol. The summed E-state index contributed by atoms with van der Waals surface area (Å²) in [5.74, 6) is -1.08. The molecule has 0 unspecified atom stereocenters. The molecule has 2 aromatic carbocycles. The molecule has 0 amide bonds. The van der Waals surface area contributed by atoms with Gasteiger partial charge in [-0.05, 0) is 53.6 Å². The van der Waals surface area contributed by atoms with Crippen LogP contribution in [-0.2, 0) is 12.8 Å². The Bertz CT molecular complexity index is 1480. The van der Waals surface area contributed by atoms with Crippen LogP contribution < -0.4 is 4.74 Å². The van der Waals surface area contributed by atoms with Crippen molar-refractivity contribution in [3.05, 3.63) is 114 Å². The lowest BCUT2D eigenvalue weighted by Gasteiger charge is -2.09. The van der Waals surface area contributed by atoms with Crippen LogP contribution in [0, 0.1) is 0 Å². The van der Waals surface area contributed by atoms with Crippen LogP contribution in [0.4, 0.5) is 13.2 Å². The van der Waals surface area contributed by atoms with Crippen molar-refractivity contribution in [3.8, 4) is 5.75 Å². The molecule has 0 spiro atoms. The van der Waals surface area contributed by atoms with Crippen molar-refractivity contribution >= 4 is 22.6 Å². The maximum absolute atomic E-state index is 13.0. The highest BCUT2D eigenvalue weighted by molar-refractivity contribution is 5.88. The largest absolute Gasteiger partial charge is 0.487 e. The summed E-state index contributed by atoms with van der Waals surface area (Å²) in [6, 6.07) is 22.0. The molecule has 0 radical (unpaired) electrons. The Morgan fingerprint density at radius 1 is 0.886 bits per heavy atom. The summed E-state index contributed by atoms with van der Waals surface area (Å²) in [4.78, 5) is 8.54. The van der Waals surface area contributed by atoms with Gasteiger partial charge < -0.3 is 9.15 Å². The zero-order valence-electron chi connectivity index (χ0n) is 18.1. The minimum Gasteiger partial charge on any atom is -0.487 e. The predicted octanol–water partition coefficient (Wildman–Crippen LogP) is 6.20. The van der Waals surface area contributed by atoms with Gasteiger partial charge in [-0.25, -0.2) is 4.98 Å². The quantitative estimate of drug-likeness (QED) is 0.292. The van der Waals surface area contributed by atoms with Crippen molar-refractivity contribution < 1.29 is 22.3 Å². The van der Waals surface area contributed by atoms with E-state index in [2.05, 4.69) is 20.2 Å². The van der Waals surface area contributed by atoms with E-state index in [4.69, 9.17) is 9.15 Å². The molecule has 5 rings (SSSR count). The molecule has 6 nitrogen and oxygen atoms in total. The third-order valence-electron chi connectivity index (χ3n) is 5.12. The molecular weight excluding hydrogens is 457 g/mol. The molecule has 0 bridgehead atoms. The maximum Gasteiger partial charge on any atom is 0.470 e. The Labute approximate surface area is 197 Å². The lowest BCUT2D eigenvalue weighted by molar-refractivity contribution is -0.157. The topological polar surface area (TPSA) is 73.9 Å². The van der Waals surface area contributed by atoms with E-state index in [0.29, 0.717) is 22.4 Å². The SMILES string of the molecule is FC(F)(F)c1nnc(C(=Cc2ccncc2)c2ccc(OCc3ccc4ccccc4n3)cc2)o1. The van der Waals surface area contributed by atoms with Crippen LogP contribution in [0.1, 0.15) is 28.6 Å². The van der Waals surface area contributed by atoms with E-state index in [-0.39, 0.29) is 12.5 Å². The fourth-order valence-electron chi connectivity index (χ4n) is 3.42. The second kappa shape index (κ2) is 9.38. The summed E-state index contributed by atoms with van der Waals surface area (Å²) < 4.78 is 49.8. The fraction of sp³-hybridized carbons (Fsp3) is 0.0769. The van der Waals surface area contributed by atoms with Crippen molar-refractivity contribution in [2.45, 2.75) is 12.8 Å². The lowest BCUT2D eigenvalue weighted by Crippen LogP contribution is -2.04. The number of nitrogens with zero attached hydrogens (tertiary/aromatic N) is 4. The van der Waals surface area contributed by atoms with Crippen LogP contribution >= 0.6 is 0 Å². The second-order valence-corrected chi connectivity index (χ2v) is 7.56. The number of hydrogen-bond donors (Lipinski definition) is 0. The van der Waals surface area contributed by atoms with Crippen LogP contribution in [0.15, 0.2) is 89.6 Å². The fourth-order valence-corrected chi connectivity index (χ4v) is 3.42. The van der Waals surface area contributed by atoms with E-state index < -0.39 is 12.1 Å². The highest BCUT2D eigenvalue weighted by atomic mass is 19.4. The average molecular weight is 474 g/mol. The molecule has 0 aliphatic rings. The summed E-state index contributed by atoms with van der Waals surface area (Å²) in [5.41, 5.74) is 3.28. The van der Waals surface area contributed by atoms with Gasteiger partial charge in [0.15, 0.2) is 0 Å². The van der Waals surface area contributed by atoms with E-state index >= 15 is 0 Å². The molecule has 35 heavy (non-hydrogen) atoms. The maximum atomic E-state index is 13.0. The summed E-state index contributed by atoms with van der Waals surface area (Å²) in [5, 5.41) is 7.82. The Morgan fingerprint density at radius 2 is 1.66 bits per heavy atom. The number of fused-ring (bicyclic) bond motifs is 1. The number of hydrogen-bond acceptors (Lipinski definition) is 6. The molecule has 5 aromatic rings. The van der Waals surface area contributed by atoms with Crippen molar-refractivity contribution in [2.24, 2.45) is 0 Å². The minimum absolute atomic E-state index is 0.247. The molecule has 0 saturated carbocycles. The van der Waals surface area contributed by atoms with Crippen molar-refractivity contribution in [1.82, 2.24) is 20.2 Å². The first-order valence-corrected chi connectivity index (χ1v) is 10.6. The molecule has 174 valence electrons. The second-order valence-electron chi connectivity index (χ2n) is 7.56. The number of benzene rings is 2. The van der Waals surface area contributed by atoms with Crippen LogP contribution in [0.2, 0.25) is 0 Å². The summed E-state index contributed by atoms with van der Waals surface area (Å²) >= 11 is 0. The molecule has 0 aliphatic carbocycles. The lowest BCUT2D eigenvalue weighted by atomic mass is 10.0. The highest BCUT2D eigenvalue weighted by Crippen LogP contribution is 2.32. The van der Waals surface area contributed by atoms with E-state index in [0.717, 1.165) is 16.6 Å². The van der Waals surface area contributed by atoms with Crippen molar-refractivity contribution in [1.29, 1.82) is 0 Å². The Balaban J connectivity index is 1.39. The van der Waals surface area contributed by atoms with Crippen molar-refractivity contribution in [2.75, 3.05) is 0 Å². The highest BCUT2D eigenvalue weighted by Gasteiger charge is 2.38. The third kappa shape index (κ3) is 5.19. The Hall–Kier alpha value is -4.53. The molecule has 0 fully saturated rings. The number of halogens is 3. The molecule has 0 atom stereocenters. The predicted molar refractivity (Wildman–Crippen MR) is 123 cm³/mol. The van der Waals surface area contributed by atoms with Gasteiger partial charge in [-0.2, -0.15) is 13.2 Å². The van der Waals surface area contributed by atoms with Gasteiger partial charge in [0.05, 0.1) is 11.2 Å². The first-order valence-electron chi connectivity index (χ1n) is 10.6. The van der Waals surface area contributed by atoms with Gasteiger partial charge in [0.2, 0.25) is 5.89 Å². The number of alkyl halides is 3. The van der Waals surface area contributed by atoms with E-state index in [9.17, 15) is 13.2 Å². The average Bonchev–Trinajstić information content (AvgIpc) is 3.38. The van der Waals surface area contributed by atoms with Crippen LogP contribution in [0.3, 0.4) is 0 Å². The van der Waals surface area contributed by atoms with Gasteiger partial charge in [0.1, 0.15) is 12.4 Å². The van der Waals surface area contributed by atoms with E-state index in [1.807, 2.05) is 36.4 Å². The summed E-state index contributed by atoms with van der Waals surface area (Å²) in [6.45, 7) is 0.266. The zero-order chi connectivity index (χ0) is 24.3. The minimum atomic E-state index is -4.73. The molecule has 3 heterocycles. The van der Waals surface area contributed by atoms with E-state index in [1.165, 1.54) is 0 Å². The van der Waals surface area contributed by atoms with Crippen LogP contribution in [0.5, 0.6) is 5.75 Å². The third-order valence-corrected chi connectivity index (χ3v) is 5.12.